The van der Waals surface area contributed by atoms with E-state index in [-0.39, 0.29) is 0 Å². The number of fused-ring (bicyclic) bond motifs is 2. The number of para-hydroxylation sites is 1. The molecule has 1 aromatic heterocycles. The molecule has 3 rings (SSSR count). The Balaban J connectivity index is 1.84. The Morgan fingerprint density at radius 1 is 1.15 bits per heavy atom. The van der Waals surface area contributed by atoms with Crippen LogP contribution in [0.25, 0.3) is 10.9 Å². The molecule has 0 unspecified atom stereocenters. The lowest BCUT2D eigenvalue weighted by molar-refractivity contribution is 0.685. The number of anilines is 1. The summed E-state index contributed by atoms with van der Waals surface area (Å²) in [6, 6.07) is 8.51. The monoisotopic (exact) mass is 286 g/mol. The van der Waals surface area contributed by atoms with Gasteiger partial charge in [0.05, 0.1) is 11.2 Å². The lowest BCUT2D eigenvalue weighted by atomic mass is 10.1. The smallest absolute Gasteiger partial charge is 0.0726 e. The SMILES string of the molecule is CCCCCCNc1c2c(nc3ccccc13)CSC2. The molecular formula is C17H22N2S. The van der Waals surface area contributed by atoms with Crippen molar-refractivity contribution >= 4 is 28.4 Å². The van der Waals surface area contributed by atoms with Crippen LogP contribution in [0.2, 0.25) is 0 Å². The third kappa shape index (κ3) is 2.78. The molecule has 0 radical (unpaired) electrons. The van der Waals surface area contributed by atoms with E-state index in [1.54, 1.807) is 0 Å². The van der Waals surface area contributed by atoms with Crippen molar-refractivity contribution in [3.8, 4) is 0 Å². The van der Waals surface area contributed by atoms with Crippen LogP contribution in [0, 0.1) is 0 Å². The highest BCUT2D eigenvalue weighted by molar-refractivity contribution is 7.98. The first-order chi connectivity index (χ1) is 9.90. The largest absolute Gasteiger partial charge is 0.384 e. The third-order valence-corrected chi connectivity index (χ3v) is 4.87. The molecule has 1 aliphatic rings. The van der Waals surface area contributed by atoms with Gasteiger partial charge in [-0.1, -0.05) is 44.4 Å². The summed E-state index contributed by atoms with van der Waals surface area (Å²) in [4.78, 5) is 4.81. The topological polar surface area (TPSA) is 24.9 Å². The summed E-state index contributed by atoms with van der Waals surface area (Å²) in [6.07, 6.45) is 5.22. The second-order valence-electron chi connectivity index (χ2n) is 5.41. The van der Waals surface area contributed by atoms with Crippen LogP contribution in [0.5, 0.6) is 0 Å². The van der Waals surface area contributed by atoms with E-state index < -0.39 is 0 Å². The molecule has 0 spiro atoms. The summed E-state index contributed by atoms with van der Waals surface area (Å²) in [5.41, 5.74) is 5.19. The maximum Gasteiger partial charge on any atom is 0.0726 e. The number of hydrogen-bond donors (Lipinski definition) is 1. The van der Waals surface area contributed by atoms with Crippen LogP contribution in [-0.2, 0) is 11.5 Å². The van der Waals surface area contributed by atoms with Crippen LogP contribution in [-0.4, -0.2) is 11.5 Å². The van der Waals surface area contributed by atoms with E-state index in [0.29, 0.717) is 0 Å². The zero-order valence-electron chi connectivity index (χ0n) is 12.1. The summed E-state index contributed by atoms with van der Waals surface area (Å²) in [6.45, 7) is 3.33. The lowest BCUT2D eigenvalue weighted by Gasteiger charge is -2.14. The van der Waals surface area contributed by atoms with Crippen molar-refractivity contribution in [3.63, 3.8) is 0 Å². The molecule has 2 aromatic rings. The highest BCUT2D eigenvalue weighted by Crippen LogP contribution is 2.37. The molecule has 1 N–H and O–H groups in total. The summed E-state index contributed by atoms with van der Waals surface area (Å²) in [5.74, 6) is 2.16. The second-order valence-corrected chi connectivity index (χ2v) is 6.40. The van der Waals surface area contributed by atoms with Crippen LogP contribution in [0.1, 0.15) is 43.9 Å². The third-order valence-electron chi connectivity index (χ3n) is 3.90. The molecule has 3 heteroatoms. The molecule has 2 nitrogen and oxygen atoms in total. The highest BCUT2D eigenvalue weighted by Gasteiger charge is 2.19. The summed E-state index contributed by atoms with van der Waals surface area (Å²) < 4.78 is 0. The number of hydrogen-bond acceptors (Lipinski definition) is 3. The number of unbranched alkanes of at least 4 members (excludes halogenated alkanes) is 3. The molecule has 1 aliphatic heterocycles. The Kier molecular flexibility index (Phi) is 4.46. The second kappa shape index (κ2) is 6.49. The van der Waals surface area contributed by atoms with Crippen molar-refractivity contribution in [2.24, 2.45) is 0 Å². The number of benzene rings is 1. The number of rotatable bonds is 6. The fourth-order valence-electron chi connectivity index (χ4n) is 2.79. The van der Waals surface area contributed by atoms with E-state index in [9.17, 15) is 0 Å². The van der Waals surface area contributed by atoms with Crippen molar-refractivity contribution in [3.05, 3.63) is 35.5 Å². The number of nitrogens with zero attached hydrogens (tertiary/aromatic N) is 1. The van der Waals surface area contributed by atoms with E-state index in [4.69, 9.17) is 4.98 Å². The molecule has 1 aromatic carbocycles. The van der Waals surface area contributed by atoms with Crippen LogP contribution < -0.4 is 5.32 Å². The summed E-state index contributed by atoms with van der Waals surface area (Å²) in [7, 11) is 0. The molecule has 0 bridgehead atoms. The minimum Gasteiger partial charge on any atom is -0.384 e. The zero-order chi connectivity index (χ0) is 13.8. The number of aromatic nitrogens is 1. The first-order valence-corrected chi connectivity index (χ1v) is 8.77. The fourth-order valence-corrected chi connectivity index (χ4v) is 3.84. The quantitative estimate of drug-likeness (QED) is 0.759. The van der Waals surface area contributed by atoms with Gasteiger partial charge in [0.25, 0.3) is 0 Å². The van der Waals surface area contributed by atoms with Crippen LogP contribution in [0.15, 0.2) is 24.3 Å². The molecular weight excluding hydrogens is 264 g/mol. The maximum absolute atomic E-state index is 4.81. The van der Waals surface area contributed by atoms with Gasteiger partial charge in [0.1, 0.15) is 0 Å². The molecule has 0 saturated heterocycles. The zero-order valence-corrected chi connectivity index (χ0v) is 12.9. The van der Waals surface area contributed by atoms with Gasteiger partial charge in [-0.05, 0) is 12.5 Å². The molecule has 20 heavy (non-hydrogen) atoms. The van der Waals surface area contributed by atoms with Gasteiger partial charge in [-0.25, -0.2) is 0 Å². The molecule has 2 heterocycles. The number of pyridine rings is 1. The van der Waals surface area contributed by atoms with Crippen molar-refractivity contribution in [2.45, 2.75) is 44.1 Å². The summed E-state index contributed by atoms with van der Waals surface area (Å²) in [5, 5.41) is 4.98. The van der Waals surface area contributed by atoms with E-state index in [2.05, 4.69) is 36.5 Å². The first-order valence-electron chi connectivity index (χ1n) is 7.62. The van der Waals surface area contributed by atoms with Crippen molar-refractivity contribution in [1.82, 2.24) is 4.98 Å². The van der Waals surface area contributed by atoms with E-state index in [1.807, 2.05) is 11.8 Å². The van der Waals surface area contributed by atoms with Gasteiger partial charge in [-0.2, -0.15) is 11.8 Å². The Labute approximate surface area is 125 Å². The van der Waals surface area contributed by atoms with Crippen LogP contribution in [0.4, 0.5) is 5.69 Å². The minimum absolute atomic E-state index is 1.06. The first kappa shape index (κ1) is 13.7. The number of thioether (sulfide) groups is 1. The predicted octanol–water partition coefficient (Wildman–Crippen LogP) is 4.97. The molecule has 0 aliphatic carbocycles. The van der Waals surface area contributed by atoms with Gasteiger partial charge >= 0.3 is 0 Å². The average Bonchev–Trinajstić information content (AvgIpc) is 2.94. The van der Waals surface area contributed by atoms with E-state index in [1.165, 1.54) is 48.0 Å². The predicted molar refractivity (Wildman–Crippen MR) is 89.4 cm³/mol. The number of nitrogens with one attached hydrogen (secondary N) is 1. The lowest BCUT2D eigenvalue weighted by Crippen LogP contribution is -2.06. The van der Waals surface area contributed by atoms with Crippen molar-refractivity contribution < 1.29 is 0 Å². The molecule has 0 atom stereocenters. The fraction of sp³-hybridized carbons (Fsp3) is 0.471. The van der Waals surface area contributed by atoms with Gasteiger partial charge in [0, 0.05) is 34.7 Å². The van der Waals surface area contributed by atoms with Gasteiger partial charge < -0.3 is 5.32 Å². The van der Waals surface area contributed by atoms with E-state index >= 15 is 0 Å². The Morgan fingerprint density at radius 3 is 2.95 bits per heavy atom. The molecule has 0 amide bonds. The molecule has 0 saturated carbocycles. The highest BCUT2D eigenvalue weighted by atomic mass is 32.2. The Hall–Kier alpha value is -1.22. The van der Waals surface area contributed by atoms with Crippen molar-refractivity contribution in [2.75, 3.05) is 11.9 Å². The van der Waals surface area contributed by atoms with Crippen LogP contribution >= 0.6 is 11.8 Å². The van der Waals surface area contributed by atoms with Crippen molar-refractivity contribution in [1.29, 1.82) is 0 Å². The minimum atomic E-state index is 1.06. The standard InChI is InChI=1S/C17H22N2S/c1-2-3-4-7-10-18-17-13-8-5-6-9-15(13)19-16-12-20-11-14(16)17/h5-6,8-9H,2-4,7,10-12H2,1H3,(H,18,19). The molecule has 106 valence electrons. The van der Waals surface area contributed by atoms with Gasteiger partial charge in [0.15, 0.2) is 0 Å². The summed E-state index contributed by atoms with van der Waals surface area (Å²) >= 11 is 1.97. The Morgan fingerprint density at radius 2 is 2.05 bits per heavy atom. The van der Waals surface area contributed by atoms with Gasteiger partial charge in [-0.15, -0.1) is 0 Å². The molecule has 0 fully saturated rings. The van der Waals surface area contributed by atoms with Gasteiger partial charge in [0.2, 0.25) is 0 Å². The average molecular weight is 286 g/mol. The van der Waals surface area contributed by atoms with Crippen LogP contribution in [0.3, 0.4) is 0 Å². The van der Waals surface area contributed by atoms with Gasteiger partial charge in [-0.3, -0.25) is 4.98 Å². The van der Waals surface area contributed by atoms with E-state index in [0.717, 1.165) is 23.6 Å². The normalized spacial score (nSPS) is 13.7. The maximum atomic E-state index is 4.81. The Bertz CT molecular complexity index is 595.